The van der Waals surface area contributed by atoms with Crippen molar-refractivity contribution in [2.45, 2.75) is 0 Å². The molecule has 2 heterocycles. The zero-order valence-electron chi connectivity index (χ0n) is 9.92. The second-order valence-electron chi connectivity index (χ2n) is 4.06. The van der Waals surface area contributed by atoms with Crippen LogP contribution in [0.5, 0.6) is 0 Å². The predicted octanol–water partition coefficient (Wildman–Crippen LogP) is 2.37. The van der Waals surface area contributed by atoms with Crippen LogP contribution in [0, 0.1) is 11.6 Å². The molecule has 0 amide bonds. The number of hydrogen-bond donors (Lipinski definition) is 1. The summed E-state index contributed by atoms with van der Waals surface area (Å²) in [4.78, 5) is 18.6. The van der Waals surface area contributed by atoms with Gasteiger partial charge in [0.25, 0.3) is 0 Å². The summed E-state index contributed by atoms with van der Waals surface area (Å²) < 4.78 is 28.4. The topological polar surface area (TPSA) is 67.5 Å². The third-order valence-electron chi connectivity index (χ3n) is 2.79. The Morgan fingerprint density at radius 3 is 2.80 bits per heavy atom. The molecule has 20 heavy (non-hydrogen) atoms. The number of carboxylic acids is 1. The van der Waals surface area contributed by atoms with Gasteiger partial charge in [-0.1, -0.05) is 0 Å². The van der Waals surface area contributed by atoms with Crippen molar-refractivity contribution in [3.63, 3.8) is 0 Å². The van der Waals surface area contributed by atoms with Crippen molar-refractivity contribution >= 4 is 11.7 Å². The van der Waals surface area contributed by atoms with E-state index in [1.165, 1.54) is 22.9 Å². The molecule has 0 bridgehead atoms. The summed E-state index contributed by atoms with van der Waals surface area (Å²) in [5.41, 5.74) is 0.0560. The molecule has 0 unspecified atom stereocenters. The molecule has 7 heteroatoms. The van der Waals surface area contributed by atoms with Gasteiger partial charge in [0.15, 0.2) is 5.69 Å². The molecular weight excluding hydrogens is 268 g/mol. The zero-order chi connectivity index (χ0) is 14.3. The van der Waals surface area contributed by atoms with Crippen molar-refractivity contribution in [1.29, 1.82) is 0 Å². The summed E-state index contributed by atoms with van der Waals surface area (Å²) in [5, 5.41) is 8.91. The Kier molecular flexibility index (Phi) is 2.67. The molecule has 0 aliphatic heterocycles. The second kappa shape index (κ2) is 4.37. The van der Waals surface area contributed by atoms with E-state index in [9.17, 15) is 13.6 Å². The smallest absolute Gasteiger partial charge is 0.356 e. The van der Waals surface area contributed by atoms with E-state index in [1.807, 2.05) is 0 Å². The highest BCUT2D eigenvalue weighted by Gasteiger charge is 2.15. The van der Waals surface area contributed by atoms with Gasteiger partial charge >= 0.3 is 5.97 Å². The third kappa shape index (κ3) is 1.89. The molecule has 3 rings (SSSR count). The number of hydrogen-bond acceptors (Lipinski definition) is 3. The highest BCUT2D eigenvalue weighted by Crippen LogP contribution is 2.24. The standard InChI is InChI=1S/C13H7F2N3O2/c14-7-1-2-9(15)8(5-7)11-3-4-16-13-17-10(12(19)20)6-18(11)13/h1-6H,(H,19,20). The van der Waals surface area contributed by atoms with E-state index in [1.54, 1.807) is 0 Å². The first kappa shape index (κ1) is 12.2. The number of nitrogens with zero attached hydrogens (tertiary/aromatic N) is 3. The lowest BCUT2D eigenvalue weighted by molar-refractivity contribution is 0.0691. The number of aromatic nitrogens is 3. The van der Waals surface area contributed by atoms with E-state index < -0.39 is 17.6 Å². The maximum Gasteiger partial charge on any atom is 0.356 e. The first-order valence-corrected chi connectivity index (χ1v) is 5.59. The first-order chi connectivity index (χ1) is 9.56. The van der Waals surface area contributed by atoms with Gasteiger partial charge in [-0.3, -0.25) is 4.40 Å². The largest absolute Gasteiger partial charge is 0.476 e. The van der Waals surface area contributed by atoms with Crippen LogP contribution in [-0.2, 0) is 0 Å². The predicted molar refractivity (Wildman–Crippen MR) is 65.3 cm³/mol. The van der Waals surface area contributed by atoms with Crippen LogP contribution in [-0.4, -0.2) is 25.4 Å². The van der Waals surface area contributed by atoms with Crippen LogP contribution in [0.3, 0.4) is 0 Å². The van der Waals surface area contributed by atoms with Gasteiger partial charge in [-0.25, -0.2) is 23.5 Å². The maximum absolute atomic E-state index is 13.8. The number of carboxylic acid groups (broad SMARTS) is 1. The van der Waals surface area contributed by atoms with E-state index >= 15 is 0 Å². The molecule has 5 nitrogen and oxygen atoms in total. The molecule has 0 fully saturated rings. The quantitative estimate of drug-likeness (QED) is 0.779. The number of imidazole rings is 1. The van der Waals surface area contributed by atoms with Crippen LogP contribution in [0.15, 0.2) is 36.7 Å². The molecular formula is C13H7F2N3O2. The molecule has 1 N–H and O–H groups in total. The molecule has 0 aliphatic carbocycles. The fourth-order valence-electron chi connectivity index (χ4n) is 1.91. The fraction of sp³-hybridized carbons (Fsp3) is 0. The summed E-state index contributed by atoms with van der Waals surface area (Å²) in [6.45, 7) is 0. The monoisotopic (exact) mass is 275 g/mol. The summed E-state index contributed by atoms with van der Waals surface area (Å²) in [6.07, 6.45) is 2.57. The van der Waals surface area contributed by atoms with Crippen LogP contribution >= 0.6 is 0 Å². The Hall–Kier alpha value is -2.83. The summed E-state index contributed by atoms with van der Waals surface area (Å²) in [7, 11) is 0. The Balaban J connectivity index is 2.30. The maximum atomic E-state index is 13.8. The summed E-state index contributed by atoms with van der Waals surface area (Å²) in [5.74, 6) is -2.33. The molecule has 0 saturated heterocycles. The molecule has 0 radical (unpaired) electrons. The molecule has 100 valence electrons. The van der Waals surface area contributed by atoms with Crippen molar-refractivity contribution < 1.29 is 18.7 Å². The van der Waals surface area contributed by atoms with Crippen molar-refractivity contribution in [3.8, 4) is 11.3 Å². The van der Waals surface area contributed by atoms with Gasteiger partial charge in [0.1, 0.15) is 11.6 Å². The van der Waals surface area contributed by atoms with Crippen LogP contribution in [0.4, 0.5) is 8.78 Å². The fourth-order valence-corrected chi connectivity index (χ4v) is 1.91. The summed E-state index contributed by atoms with van der Waals surface area (Å²) in [6, 6.07) is 4.50. The Labute approximate surface area is 111 Å². The minimum absolute atomic E-state index is 0.00624. The number of benzene rings is 1. The van der Waals surface area contributed by atoms with Gasteiger partial charge in [-0.2, -0.15) is 0 Å². The first-order valence-electron chi connectivity index (χ1n) is 5.59. The lowest BCUT2D eigenvalue weighted by Gasteiger charge is -2.06. The molecule has 0 aliphatic rings. The van der Waals surface area contributed by atoms with E-state index in [2.05, 4.69) is 9.97 Å². The Morgan fingerprint density at radius 2 is 2.05 bits per heavy atom. The highest BCUT2D eigenvalue weighted by atomic mass is 19.1. The van der Waals surface area contributed by atoms with E-state index in [4.69, 9.17) is 5.11 Å². The molecule has 0 saturated carbocycles. The summed E-state index contributed by atoms with van der Waals surface area (Å²) >= 11 is 0. The van der Waals surface area contributed by atoms with Gasteiger partial charge in [-0.15, -0.1) is 0 Å². The van der Waals surface area contributed by atoms with E-state index in [-0.39, 0.29) is 22.7 Å². The van der Waals surface area contributed by atoms with Gasteiger partial charge in [0, 0.05) is 18.0 Å². The van der Waals surface area contributed by atoms with Crippen LogP contribution in [0.2, 0.25) is 0 Å². The minimum Gasteiger partial charge on any atom is -0.476 e. The lowest BCUT2D eigenvalue weighted by Crippen LogP contribution is -1.96. The number of halogens is 2. The minimum atomic E-state index is -1.22. The van der Waals surface area contributed by atoms with Gasteiger partial charge in [-0.05, 0) is 24.3 Å². The lowest BCUT2D eigenvalue weighted by atomic mass is 10.1. The average Bonchev–Trinajstić information content (AvgIpc) is 2.85. The normalized spacial score (nSPS) is 10.9. The van der Waals surface area contributed by atoms with Crippen LogP contribution < -0.4 is 0 Å². The molecule has 0 atom stereocenters. The number of rotatable bonds is 2. The highest BCUT2D eigenvalue weighted by molar-refractivity contribution is 5.86. The Morgan fingerprint density at radius 1 is 1.25 bits per heavy atom. The van der Waals surface area contributed by atoms with Crippen LogP contribution in [0.25, 0.3) is 17.0 Å². The zero-order valence-corrected chi connectivity index (χ0v) is 9.92. The molecule has 1 aromatic carbocycles. The van der Waals surface area contributed by atoms with Crippen molar-refractivity contribution in [2.75, 3.05) is 0 Å². The number of aromatic carboxylic acids is 1. The average molecular weight is 275 g/mol. The molecule has 3 aromatic rings. The van der Waals surface area contributed by atoms with Crippen molar-refractivity contribution in [2.24, 2.45) is 0 Å². The van der Waals surface area contributed by atoms with Gasteiger partial charge < -0.3 is 5.11 Å². The number of carbonyl (C=O) groups is 1. The SMILES string of the molecule is O=C(O)c1cn2c(-c3cc(F)ccc3F)ccnc2n1. The van der Waals surface area contributed by atoms with Crippen LogP contribution in [0.1, 0.15) is 10.5 Å². The number of fused-ring (bicyclic) bond motifs is 1. The van der Waals surface area contributed by atoms with Crippen molar-refractivity contribution in [1.82, 2.24) is 14.4 Å². The third-order valence-corrected chi connectivity index (χ3v) is 2.79. The van der Waals surface area contributed by atoms with Gasteiger partial charge in [0.2, 0.25) is 5.78 Å². The molecule has 2 aromatic heterocycles. The van der Waals surface area contributed by atoms with Gasteiger partial charge in [0.05, 0.1) is 5.69 Å². The second-order valence-corrected chi connectivity index (χ2v) is 4.06. The molecule has 0 spiro atoms. The van der Waals surface area contributed by atoms with E-state index in [0.717, 1.165) is 18.2 Å². The van der Waals surface area contributed by atoms with E-state index in [0.29, 0.717) is 0 Å². The Bertz CT molecular complexity index is 830. The van der Waals surface area contributed by atoms with Crippen molar-refractivity contribution in [3.05, 3.63) is 54.0 Å².